The number of hydrogen-bond acceptors (Lipinski definition) is 2. The molecule has 3 heteroatoms. The zero-order valence-electron chi connectivity index (χ0n) is 8.47. The van der Waals surface area contributed by atoms with Crippen LogP contribution < -0.4 is 0 Å². The maximum Gasteiger partial charge on any atom is 0.190 e. The highest BCUT2D eigenvalue weighted by Crippen LogP contribution is 2.37. The quantitative estimate of drug-likeness (QED) is 0.574. The lowest BCUT2D eigenvalue weighted by atomic mass is 10.0. The summed E-state index contributed by atoms with van der Waals surface area (Å²) in [4.78, 5) is 0. The summed E-state index contributed by atoms with van der Waals surface area (Å²) in [6, 6.07) is 0. The molecule has 1 fully saturated rings. The predicted molar refractivity (Wildman–Crippen MR) is 61.9 cm³/mol. The Morgan fingerprint density at radius 3 is 2.38 bits per heavy atom. The molecule has 2 nitrogen and oxygen atoms in total. The fourth-order valence-corrected chi connectivity index (χ4v) is 1.55. The molecule has 0 aromatic carbocycles. The third-order valence-corrected chi connectivity index (χ3v) is 3.27. The lowest BCUT2D eigenvalue weighted by molar-refractivity contribution is -0.0840. The number of rotatable bonds is 5. The smallest absolute Gasteiger partial charge is 0.190 e. The predicted octanol–water partition coefficient (Wildman–Crippen LogP) is 3.26. The Bertz CT molecular complexity index is 199. The first kappa shape index (κ1) is 11.5. The van der Waals surface area contributed by atoms with Crippen LogP contribution in [0.4, 0.5) is 0 Å². The van der Waals surface area contributed by atoms with Gasteiger partial charge in [-0.2, -0.15) is 0 Å². The minimum atomic E-state index is -0.0469. The molecule has 0 amide bonds. The van der Waals surface area contributed by atoms with E-state index in [0.29, 0.717) is 0 Å². The van der Waals surface area contributed by atoms with E-state index in [2.05, 4.69) is 49.9 Å². The lowest BCUT2D eigenvalue weighted by Crippen LogP contribution is -2.28. The van der Waals surface area contributed by atoms with Crippen LogP contribution in [0.15, 0.2) is 10.2 Å². The van der Waals surface area contributed by atoms with Gasteiger partial charge in [0, 0.05) is 3.58 Å². The van der Waals surface area contributed by atoms with Crippen molar-refractivity contribution >= 4 is 22.6 Å². The van der Waals surface area contributed by atoms with Crippen molar-refractivity contribution in [3.8, 4) is 0 Å². The Balaban J connectivity index is 2.38. The van der Waals surface area contributed by atoms with Gasteiger partial charge in [0.2, 0.25) is 0 Å². The molecule has 2 unspecified atom stereocenters. The molecule has 0 aliphatic carbocycles. The van der Waals surface area contributed by atoms with Crippen molar-refractivity contribution in [3.05, 3.63) is 10.2 Å². The van der Waals surface area contributed by atoms with Crippen molar-refractivity contribution in [2.45, 2.75) is 51.6 Å². The molecule has 76 valence electrons. The Labute approximate surface area is 93.8 Å². The van der Waals surface area contributed by atoms with Gasteiger partial charge in [-0.3, -0.25) is 0 Å². The van der Waals surface area contributed by atoms with E-state index in [0.717, 1.165) is 16.4 Å². The van der Waals surface area contributed by atoms with Crippen molar-refractivity contribution in [1.29, 1.82) is 0 Å². The molecular formula is C10H17IO2. The van der Waals surface area contributed by atoms with E-state index in [4.69, 9.17) is 9.47 Å². The lowest BCUT2D eigenvalue weighted by Gasteiger charge is -2.26. The van der Waals surface area contributed by atoms with Gasteiger partial charge < -0.3 is 9.47 Å². The van der Waals surface area contributed by atoms with Crippen LogP contribution in [-0.4, -0.2) is 18.0 Å². The molecule has 0 bridgehead atoms. The van der Waals surface area contributed by atoms with E-state index in [9.17, 15) is 0 Å². The first-order valence-electron chi connectivity index (χ1n) is 4.70. The Morgan fingerprint density at radius 2 is 2.08 bits per heavy atom. The van der Waals surface area contributed by atoms with E-state index < -0.39 is 0 Å². The monoisotopic (exact) mass is 296 g/mol. The summed E-state index contributed by atoms with van der Waals surface area (Å²) in [7, 11) is 0. The minimum Gasteiger partial charge on any atom is -0.343 e. The summed E-state index contributed by atoms with van der Waals surface area (Å²) < 4.78 is 12.2. The third kappa shape index (κ3) is 2.92. The largest absolute Gasteiger partial charge is 0.343 e. The molecule has 1 aliphatic rings. The highest BCUT2D eigenvalue weighted by Gasteiger charge is 2.45. The fraction of sp³-hybridized carbons (Fsp3) is 0.800. The summed E-state index contributed by atoms with van der Waals surface area (Å²) >= 11 is 2.19. The highest BCUT2D eigenvalue weighted by atomic mass is 127. The SMILES string of the molecule is C=C(I)C1OC1OC(C)(CC)CC. The first-order valence-corrected chi connectivity index (χ1v) is 5.78. The van der Waals surface area contributed by atoms with Crippen LogP contribution in [0.5, 0.6) is 0 Å². The summed E-state index contributed by atoms with van der Waals surface area (Å²) in [6.45, 7) is 10.2. The molecule has 0 N–H and O–H groups in total. The number of hydrogen-bond donors (Lipinski definition) is 0. The van der Waals surface area contributed by atoms with E-state index in [1.165, 1.54) is 0 Å². The van der Waals surface area contributed by atoms with E-state index in [1.807, 2.05) is 0 Å². The van der Waals surface area contributed by atoms with E-state index >= 15 is 0 Å². The molecule has 1 heterocycles. The Morgan fingerprint density at radius 1 is 1.54 bits per heavy atom. The van der Waals surface area contributed by atoms with Gasteiger partial charge in [-0.1, -0.05) is 20.4 Å². The minimum absolute atomic E-state index is 0.0362. The van der Waals surface area contributed by atoms with E-state index in [-0.39, 0.29) is 18.0 Å². The molecule has 1 aliphatic heterocycles. The molecular weight excluding hydrogens is 279 g/mol. The molecule has 0 saturated carbocycles. The summed E-state index contributed by atoms with van der Waals surface area (Å²) in [5, 5.41) is 0. The number of halogens is 1. The maximum atomic E-state index is 5.83. The van der Waals surface area contributed by atoms with Crippen LogP contribution in [0.3, 0.4) is 0 Å². The average Bonchev–Trinajstić information content (AvgIpc) is 2.84. The van der Waals surface area contributed by atoms with Crippen LogP contribution in [0, 0.1) is 0 Å². The Kier molecular flexibility index (Phi) is 3.77. The van der Waals surface area contributed by atoms with Crippen LogP contribution in [0.2, 0.25) is 0 Å². The molecule has 1 rings (SSSR count). The average molecular weight is 296 g/mol. The number of epoxide rings is 1. The van der Waals surface area contributed by atoms with Crippen molar-refractivity contribution in [2.24, 2.45) is 0 Å². The molecule has 0 radical (unpaired) electrons. The van der Waals surface area contributed by atoms with Crippen molar-refractivity contribution < 1.29 is 9.47 Å². The molecule has 0 spiro atoms. The molecule has 0 aromatic rings. The van der Waals surface area contributed by atoms with Gasteiger partial charge >= 0.3 is 0 Å². The van der Waals surface area contributed by atoms with Gasteiger partial charge in [-0.05, 0) is 42.4 Å². The third-order valence-electron chi connectivity index (χ3n) is 2.66. The van der Waals surface area contributed by atoms with Gasteiger partial charge in [-0.15, -0.1) is 0 Å². The van der Waals surface area contributed by atoms with Gasteiger partial charge in [0.1, 0.15) is 6.10 Å². The summed E-state index contributed by atoms with van der Waals surface area (Å²) in [5.74, 6) is 0. The van der Waals surface area contributed by atoms with Crippen molar-refractivity contribution in [2.75, 3.05) is 0 Å². The summed E-state index contributed by atoms with van der Waals surface area (Å²) in [6.07, 6.45) is 2.11. The van der Waals surface area contributed by atoms with Crippen LogP contribution in [0.1, 0.15) is 33.6 Å². The molecule has 13 heavy (non-hydrogen) atoms. The molecule has 2 atom stereocenters. The summed E-state index contributed by atoms with van der Waals surface area (Å²) in [5.41, 5.74) is -0.0362. The topological polar surface area (TPSA) is 21.8 Å². The second kappa shape index (κ2) is 4.28. The zero-order valence-corrected chi connectivity index (χ0v) is 10.6. The van der Waals surface area contributed by atoms with Gasteiger partial charge in [0.15, 0.2) is 6.29 Å². The Hall–Kier alpha value is 0.390. The molecule has 0 aromatic heterocycles. The van der Waals surface area contributed by atoms with Crippen LogP contribution in [-0.2, 0) is 9.47 Å². The highest BCUT2D eigenvalue weighted by molar-refractivity contribution is 14.1. The first-order chi connectivity index (χ1) is 6.02. The van der Waals surface area contributed by atoms with Gasteiger partial charge in [0.05, 0.1) is 5.60 Å². The van der Waals surface area contributed by atoms with Gasteiger partial charge in [0.25, 0.3) is 0 Å². The van der Waals surface area contributed by atoms with Crippen molar-refractivity contribution in [1.82, 2.24) is 0 Å². The van der Waals surface area contributed by atoms with Crippen molar-refractivity contribution in [3.63, 3.8) is 0 Å². The maximum absolute atomic E-state index is 5.83. The standard InChI is InChI=1S/C10H17IO2/c1-5-10(4,6-2)13-9-8(12-9)7(3)11/h8-9H,3,5-6H2,1-2,4H3. The second-order valence-electron chi connectivity index (χ2n) is 3.65. The van der Waals surface area contributed by atoms with Crippen LogP contribution in [0.25, 0.3) is 0 Å². The molecule has 1 saturated heterocycles. The van der Waals surface area contributed by atoms with Gasteiger partial charge in [-0.25, -0.2) is 0 Å². The van der Waals surface area contributed by atoms with Crippen LogP contribution >= 0.6 is 22.6 Å². The number of ether oxygens (including phenoxy) is 2. The fourth-order valence-electron chi connectivity index (χ4n) is 1.11. The second-order valence-corrected chi connectivity index (χ2v) is 5.03. The van der Waals surface area contributed by atoms with E-state index in [1.54, 1.807) is 0 Å². The normalized spacial score (nSPS) is 27.4. The zero-order chi connectivity index (χ0) is 10.1.